The summed E-state index contributed by atoms with van der Waals surface area (Å²) < 4.78 is 43.0. The molecule has 0 fully saturated rings. The van der Waals surface area contributed by atoms with Gasteiger partial charge in [-0.15, -0.1) is 0 Å². The number of rotatable bonds is 7. The van der Waals surface area contributed by atoms with E-state index in [-0.39, 0.29) is 11.4 Å². The van der Waals surface area contributed by atoms with E-state index in [1.54, 1.807) is 36.4 Å². The summed E-state index contributed by atoms with van der Waals surface area (Å²) in [4.78, 5) is 12.5. The van der Waals surface area contributed by atoms with Crippen LogP contribution in [0.15, 0.2) is 78.9 Å². The number of nitrogens with one attached hydrogen (secondary N) is 2. The number of alkyl halides is 3. The molecule has 1 amide bonds. The number of hydrogen-bond donors (Lipinski definition) is 2. The number of benzene rings is 3. The molecule has 0 radical (unpaired) electrons. The van der Waals surface area contributed by atoms with E-state index in [1.165, 1.54) is 12.1 Å². The first-order chi connectivity index (χ1) is 13.9. The van der Waals surface area contributed by atoms with Crippen molar-refractivity contribution in [2.45, 2.75) is 12.8 Å². The standard InChI is InChI=1S/C22H19F3N2O2/c23-22(24,25)15-26-19-8-4-5-9-20(19)27-21(28)17-10-12-18(13-11-17)29-14-16-6-2-1-3-7-16/h1-13,26H,14-15H2,(H,27,28). The highest BCUT2D eigenvalue weighted by Crippen LogP contribution is 2.24. The SMILES string of the molecule is O=C(Nc1ccccc1NCC(F)(F)F)c1ccc(OCc2ccccc2)cc1. The molecule has 0 aliphatic heterocycles. The van der Waals surface area contributed by atoms with E-state index < -0.39 is 18.6 Å². The van der Waals surface area contributed by atoms with Gasteiger partial charge < -0.3 is 15.4 Å². The highest BCUT2D eigenvalue weighted by Gasteiger charge is 2.27. The Labute approximate surface area is 166 Å². The maximum atomic E-state index is 12.5. The van der Waals surface area contributed by atoms with E-state index in [2.05, 4.69) is 10.6 Å². The van der Waals surface area contributed by atoms with Crippen molar-refractivity contribution in [2.24, 2.45) is 0 Å². The van der Waals surface area contributed by atoms with Crippen LogP contribution in [-0.4, -0.2) is 18.6 Å². The van der Waals surface area contributed by atoms with Crippen molar-refractivity contribution in [3.8, 4) is 5.75 Å². The van der Waals surface area contributed by atoms with Gasteiger partial charge in [0.05, 0.1) is 11.4 Å². The van der Waals surface area contributed by atoms with E-state index in [9.17, 15) is 18.0 Å². The van der Waals surface area contributed by atoms with Gasteiger partial charge in [-0.25, -0.2) is 0 Å². The number of halogens is 3. The Bertz CT molecular complexity index is 942. The second-order valence-electron chi connectivity index (χ2n) is 6.27. The minimum absolute atomic E-state index is 0.195. The highest BCUT2D eigenvalue weighted by molar-refractivity contribution is 6.05. The van der Waals surface area contributed by atoms with E-state index in [0.29, 0.717) is 17.9 Å². The molecule has 2 N–H and O–H groups in total. The first kappa shape index (κ1) is 20.3. The summed E-state index contributed by atoms with van der Waals surface area (Å²) >= 11 is 0. The first-order valence-electron chi connectivity index (χ1n) is 8.88. The van der Waals surface area contributed by atoms with E-state index in [1.807, 2.05) is 30.3 Å². The minimum atomic E-state index is -4.35. The Hall–Kier alpha value is -3.48. The molecule has 0 heterocycles. The molecular weight excluding hydrogens is 381 g/mol. The van der Waals surface area contributed by atoms with Crippen LogP contribution in [0.4, 0.5) is 24.5 Å². The van der Waals surface area contributed by atoms with Crippen molar-refractivity contribution >= 4 is 17.3 Å². The molecule has 0 bridgehead atoms. The van der Waals surface area contributed by atoms with E-state index in [0.717, 1.165) is 5.56 Å². The van der Waals surface area contributed by atoms with Crippen LogP contribution in [0.3, 0.4) is 0 Å². The van der Waals surface area contributed by atoms with Crippen LogP contribution < -0.4 is 15.4 Å². The lowest BCUT2D eigenvalue weighted by atomic mass is 10.2. The molecule has 3 aromatic carbocycles. The summed E-state index contributed by atoms with van der Waals surface area (Å²) in [5, 5.41) is 4.92. The van der Waals surface area contributed by atoms with Crippen molar-refractivity contribution in [3.05, 3.63) is 90.0 Å². The zero-order valence-corrected chi connectivity index (χ0v) is 15.4. The lowest BCUT2D eigenvalue weighted by molar-refractivity contribution is -0.115. The third-order valence-electron chi connectivity index (χ3n) is 4.02. The molecule has 29 heavy (non-hydrogen) atoms. The summed E-state index contributed by atoms with van der Waals surface area (Å²) in [6, 6.07) is 22.4. The fraction of sp³-hybridized carbons (Fsp3) is 0.136. The third kappa shape index (κ3) is 6.27. The zero-order chi connectivity index (χ0) is 20.7. The van der Waals surface area contributed by atoms with E-state index in [4.69, 9.17) is 4.74 Å². The Kier molecular flexibility index (Phi) is 6.39. The Morgan fingerprint density at radius 3 is 2.10 bits per heavy atom. The number of para-hydroxylation sites is 2. The molecule has 0 aliphatic rings. The van der Waals surface area contributed by atoms with Crippen molar-refractivity contribution in [3.63, 3.8) is 0 Å². The molecular formula is C22H19F3N2O2. The third-order valence-corrected chi connectivity index (χ3v) is 4.02. The molecule has 3 rings (SSSR count). The summed E-state index contributed by atoms with van der Waals surface area (Å²) in [6.07, 6.45) is -4.35. The van der Waals surface area contributed by atoms with Gasteiger partial charge in [-0.3, -0.25) is 4.79 Å². The average Bonchev–Trinajstić information content (AvgIpc) is 2.72. The average molecular weight is 400 g/mol. The number of carbonyl (C=O) groups excluding carboxylic acids is 1. The van der Waals surface area contributed by atoms with Crippen LogP contribution >= 0.6 is 0 Å². The van der Waals surface area contributed by atoms with Crippen LogP contribution in [0.5, 0.6) is 5.75 Å². The second-order valence-corrected chi connectivity index (χ2v) is 6.27. The summed E-state index contributed by atoms with van der Waals surface area (Å²) in [5.74, 6) is 0.179. The number of amides is 1. The molecule has 150 valence electrons. The van der Waals surface area contributed by atoms with Crippen LogP contribution in [0.25, 0.3) is 0 Å². The largest absolute Gasteiger partial charge is 0.489 e. The molecule has 7 heteroatoms. The molecule has 0 aliphatic carbocycles. The Morgan fingerprint density at radius 1 is 0.828 bits per heavy atom. The normalized spacial score (nSPS) is 11.0. The Balaban J connectivity index is 1.61. The maximum absolute atomic E-state index is 12.5. The van der Waals surface area contributed by atoms with Crippen LogP contribution in [0.2, 0.25) is 0 Å². The molecule has 4 nitrogen and oxygen atoms in total. The van der Waals surface area contributed by atoms with Crippen molar-refractivity contribution in [2.75, 3.05) is 17.2 Å². The quantitative estimate of drug-likeness (QED) is 0.551. The minimum Gasteiger partial charge on any atom is -0.489 e. The summed E-state index contributed by atoms with van der Waals surface area (Å²) in [7, 11) is 0. The number of carbonyl (C=O) groups is 1. The second kappa shape index (κ2) is 9.14. The van der Waals surface area contributed by atoms with Gasteiger partial charge in [-0.05, 0) is 42.0 Å². The summed E-state index contributed by atoms with van der Waals surface area (Å²) in [5.41, 5.74) is 1.85. The molecule has 0 saturated carbocycles. The van der Waals surface area contributed by atoms with Crippen LogP contribution in [0, 0.1) is 0 Å². The van der Waals surface area contributed by atoms with Gasteiger partial charge in [0.2, 0.25) is 0 Å². The molecule has 0 unspecified atom stereocenters. The van der Waals surface area contributed by atoms with Gasteiger partial charge in [0.1, 0.15) is 18.9 Å². The Morgan fingerprint density at radius 2 is 1.45 bits per heavy atom. The van der Waals surface area contributed by atoms with Gasteiger partial charge in [0.25, 0.3) is 5.91 Å². The molecule has 0 aromatic heterocycles. The molecule has 3 aromatic rings. The number of hydrogen-bond acceptors (Lipinski definition) is 3. The van der Waals surface area contributed by atoms with Gasteiger partial charge in [-0.1, -0.05) is 42.5 Å². The smallest absolute Gasteiger partial charge is 0.405 e. The van der Waals surface area contributed by atoms with Gasteiger partial charge in [0.15, 0.2) is 0 Å². The van der Waals surface area contributed by atoms with Crippen molar-refractivity contribution in [1.82, 2.24) is 0 Å². The highest BCUT2D eigenvalue weighted by atomic mass is 19.4. The first-order valence-corrected chi connectivity index (χ1v) is 8.88. The number of anilines is 2. The van der Waals surface area contributed by atoms with Crippen LogP contribution in [-0.2, 0) is 6.61 Å². The fourth-order valence-corrected chi connectivity index (χ4v) is 2.58. The van der Waals surface area contributed by atoms with Crippen LogP contribution in [0.1, 0.15) is 15.9 Å². The monoisotopic (exact) mass is 400 g/mol. The lowest BCUT2D eigenvalue weighted by Crippen LogP contribution is -2.22. The molecule has 0 spiro atoms. The molecule has 0 saturated heterocycles. The predicted molar refractivity (Wildman–Crippen MR) is 106 cm³/mol. The topological polar surface area (TPSA) is 50.4 Å². The van der Waals surface area contributed by atoms with E-state index >= 15 is 0 Å². The summed E-state index contributed by atoms with van der Waals surface area (Å²) in [6.45, 7) is -0.780. The van der Waals surface area contributed by atoms with Gasteiger partial charge in [0, 0.05) is 5.56 Å². The van der Waals surface area contributed by atoms with Gasteiger partial charge >= 0.3 is 6.18 Å². The molecule has 0 atom stereocenters. The van der Waals surface area contributed by atoms with Crippen molar-refractivity contribution in [1.29, 1.82) is 0 Å². The lowest BCUT2D eigenvalue weighted by Gasteiger charge is -2.14. The predicted octanol–water partition coefficient (Wildman–Crippen LogP) is 5.49. The van der Waals surface area contributed by atoms with Gasteiger partial charge in [-0.2, -0.15) is 13.2 Å². The number of ether oxygens (including phenoxy) is 1. The fourth-order valence-electron chi connectivity index (χ4n) is 2.58. The zero-order valence-electron chi connectivity index (χ0n) is 15.4. The maximum Gasteiger partial charge on any atom is 0.405 e. The van der Waals surface area contributed by atoms with Crippen molar-refractivity contribution < 1.29 is 22.7 Å².